The summed E-state index contributed by atoms with van der Waals surface area (Å²) in [5.74, 6) is 1.48. The molecule has 124 valence electrons. The zero-order valence-corrected chi connectivity index (χ0v) is 13.6. The van der Waals surface area contributed by atoms with E-state index in [-0.39, 0.29) is 29.1 Å². The Morgan fingerprint density at radius 3 is 2.87 bits per heavy atom. The van der Waals surface area contributed by atoms with Crippen molar-refractivity contribution in [1.82, 2.24) is 10.6 Å². The van der Waals surface area contributed by atoms with Gasteiger partial charge in [0.1, 0.15) is 13.2 Å². The number of hydrogen-bond acceptors (Lipinski definition) is 5. The minimum atomic E-state index is -0.187. The van der Waals surface area contributed by atoms with Crippen LogP contribution in [0.2, 0.25) is 0 Å². The van der Waals surface area contributed by atoms with Crippen LogP contribution in [0.3, 0.4) is 0 Å². The number of rotatable bonds is 4. The zero-order chi connectivity index (χ0) is 16.2. The van der Waals surface area contributed by atoms with Crippen molar-refractivity contribution in [3.63, 3.8) is 0 Å². The highest BCUT2D eigenvalue weighted by atomic mass is 32.2. The molecule has 1 fully saturated rings. The molecular formula is C15H19N3O4S. The van der Waals surface area contributed by atoms with E-state index >= 15 is 0 Å². The number of thioether (sulfide) groups is 1. The van der Waals surface area contributed by atoms with Gasteiger partial charge in [0.15, 0.2) is 11.5 Å². The van der Waals surface area contributed by atoms with Crippen LogP contribution in [0.5, 0.6) is 11.5 Å². The lowest BCUT2D eigenvalue weighted by molar-refractivity contribution is -0.113. The highest BCUT2D eigenvalue weighted by Crippen LogP contribution is 2.32. The molecule has 3 rings (SSSR count). The molecule has 2 heterocycles. The molecule has 23 heavy (non-hydrogen) atoms. The number of anilines is 1. The molecule has 7 nitrogen and oxygen atoms in total. The number of carbonyl (C=O) groups excluding carboxylic acids is 2. The molecule has 1 aromatic carbocycles. The van der Waals surface area contributed by atoms with Crippen molar-refractivity contribution in [2.75, 3.05) is 24.3 Å². The molecular weight excluding hydrogens is 318 g/mol. The summed E-state index contributed by atoms with van der Waals surface area (Å²) in [4.78, 5) is 23.4. The zero-order valence-electron chi connectivity index (χ0n) is 12.8. The van der Waals surface area contributed by atoms with Crippen LogP contribution < -0.4 is 25.4 Å². The molecule has 0 aliphatic carbocycles. The van der Waals surface area contributed by atoms with Gasteiger partial charge in [-0.3, -0.25) is 4.79 Å². The van der Waals surface area contributed by atoms with Crippen LogP contribution in [0, 0.1) is 0 Å². The van der Waals surface area contributed by atoms with Gasteiger partial charge < -0.3 is 25.4 Å². The maximum absolute atomic E-state index is 12.1. The topological polar surface area (TPSA) is 88.7 Å². The van der Waals surface area contributed by atoms with Crippen LogP contribution in [0.15, 0.2) is 18.2 Å². The van der Waals surface area contributed by atoms with E-state index in [0.717, 1.165) is 6.42 Å². The van der Waals surface area contributed by atoms with Crippen molar-refractivity contribution >= 4 is 29.4 Å². The second-order valence-electron chi connectivity index (χ2n) is 5.46. The third-order valence-corrected chi connectivity index (χ3v) is 4.62. The predicted octanol–water partition coefficient (Wildman–Crippen LogP) is 1.55. The molecule has 0 aromatic heterocycles. The standard InChI is InChI=1S/C15H19N3O4S/c1-9-6-14(18-15(20)16-9)23-8-13(19)17-10-2-3-11-12(7-10)22-5-4-21-11/h2-3,7,9,14H,4-6,8H2,1H3,(H,17,19)(H2,16,18,20). The molecule has 0 radical (unpaired) electrons. The summed E-state index contributed by atoms with van der Waals surface area (Å²) in [6, 6.07) is 5.25. The van der Waals surface area contributed by atoms with Crippen molar-refractivity contribution in [2.24, 2.45) is 0 Å². The smallest absolute Gasteiger partial charge is 0.315 e. The Balaban J connectivity index is 1.50. The Morgan fingerprint density at radius 2 is 2.09 bits per heavy atom. The maximum Gasteiger partial charge on any atom is 0.315 e. The first-order chi connectivity index (χ1) is 11.1. The van der Waals surface area contributed by atoms with E-state index in [9.17, 15) is 9.59 Å². The van der Waals surface area contributed by atoms with Crippen molar-refractivity contribution in [3.05, 3.63) is 18.2 Å². The molecule has 3 N–H and O–H groups in total. The molecule has 1 saturated heterocycles. The van der Waals surface area contributed by atoms with E-state index in [2.05, 4.69) is 16.0 Å². The number of ether oxygens (including phenoxy) is 2. The normalized spacial score (nSPS) is 22.7. The van der Waals surface area contributed by atoms with Gasteiger partial charge in [0.25, 0.3) is 0 Å². The number of amides is 3. The molecule has 0 saturated carbocycles. The first kappa shape index (κ1) is 15.8. The van der Waals surface area contributed by atoms with Gasteiger partial charge in [-0.25, -0.2) is 4.79 Å². The number of nitrogens with one attached hydrogen (secondary N) is 3. The first-order valence-corrected chi connectivity index (χ1v) is 8.53. The van der Waals surface area contributed by atoms with E-state index in [1.807, 2.05) is 6.92 Å². The summed E-state index contributed by atoms with van der Waals surface area (Å²) < 4.78 is 10.9. The molecule has 8 heteroatoms. The van der Waals surface area contributed by atoms with Crippen LogP contribution >= 0.6 is 11.8 Å². The monoisotopic (exact) mass is 337 g/mol. The molecule has 3 amide bonds. The van der Waals surface area contributed by atoms with E-state index in [0.29, 0.717) is 30.4 Å². The second kappa shape index (κ2) is 6.99. The van der Waals surface area contributed by atoms with Crippen molar-refractivity contribution in [3.8, 4) is 11.5 Å². The van der Waals surface area contributed by atoms with Crippen LogP contribution in [0.25, 0.3) is 0 Å². The van der Waals surface area contributed by atoms with Gasteiger partial charge in [-0.15, -0.1) is 11.8 Å². The summed E-state index contributed by atoms with van der Waals surface area (Å²) in [6.07, 6.45) is 0.785. The van der Waals surface area contributed by atoms with Crippen molar-refractivity contribution in [1.29, 1.82) is 0 Å². The fourth-order valence-electron chi connectivity index (χ4n) is 2.45. The van der Waals surface area contributed by atoms with Crippen molar-refractivity contribution < 1.29 is 19.1 Å². The van der Waals surface area contributed by atoms with Gasteiger partial charge in [-0.05, 0) is 25.5 Å². The van der Waals surface area contributed by atoms with E-state index in [1.165, 1.54) is 11.8 Å². The predicted molar refractivity (Wildman–Crippen MR) is 88.1 cm³/mol. The number of urea groups is 1. The number of fused-ring (bicyclic) bond motifs is 1. The first-order valence-electron chi connectivity index (χ1n) is 7.48. The van der Waals surface area contributed by atoms with Gasteiger partial charge >= 0.3 is 6.03 Å². The van der Waals surface area contributed by atoms with E-state index in [1.54, 1.807) is 18.2 Å². The SMILES string of the molecule is CC1CC(SCC(=O)Nc2ccc3c(c2)OCCO3)NC(=O)N1. The second-order valence-corrected chi connectivity index (χ2v) is 6.65. The van der Waals surface area contributed by atoms with Crippen LogP contribution in [0.1, 0.15) is 13.3 Å². The van der Waals surface area contributed by atoms with Gasteiger partial charge in [-0.2, -0.15) is 0 Å². The van der Waals surface area contributed by atoms with Gasteiger partial charge in [-0.1, -0.05) is 0 Å². The average molecular weight is 337 g/mol. The lowest BCUT2D eigenvalue weighted by Gasteiger charge is -2.28. The summed E-state index contributed by atoms with van der Waals surface area (Å²) in [6.45, 7) is 2.99. The summed E-state index contributed by atoms with van der Waals surface area (Å²) in [5.41, 5.74) is 0.669. The highest BCUT2D eigenvalue weighted by Gasteiger charge is 2.23. The van der Waals surface area contributed by atoms with Gasteiger partial charge in [0, 0.05) is 17.8 Å². The third-order valence-electron chi connectivity index (χ3n) is 3.48. The van der Waals surface area contributed by atoms with E-state index in [4.69, 9.17) is 9.47 Å². The van der Waals surface area contributed by atoms with Crippen LogP contribution in [-0.2, 0) is 4.79 Å². The Kier molecular flexibility index (Phi) is 4.80. The van der Waals surface area contributed by atoms with Crippen LogP contribution in [0.4, 0.5) is 10.5 Å². The summed E-state index contributed by atoms with van der Waals surface area (Å²) in [7, 11) is 0. The minimum Gasteiger partial charge on any atom is -0.486 e. The van der Waals surface area contributed by atoms with Crippen molar-refractivity contribution in [2.45, 2.75) is 24.8 Å². The third kappa shape index (κ3) is 4.22. The molecule has 0 bridgehead atoms. The molecule has 2 aliphatic heterocycles. The Morgan fingerprint density at radius 1 is 1.30 bits per heavy atom. The minimum absolute atomic E-state index is 0.0511. The average Bonchev–Trinajstić information content (AvgIpc) is 2.52. The van der Waals surface area contributed by atoms with Crippen LogP contribution in [-0.4, -0.2) is 42.3 Å². The lowest BCUT2D eigenvalue weighted by atomic mass is 10.2. The molecule has 1 aromatic rings. The molecule has 2 aliphatic rings. The highest BCUT2D eigenvalue weighted by molar-refractivity contribution is 8.00. The summed E-state index contributed by atoms with van der Waals surface area (Å²) >= 11 is 1.42. The summed E-state index contributed by atoms with van der Waals surface area (Å²) in [5, 5.41) is 8.36. The molecule has 2 unspecified atom stereocenters. The Hall–Kier alpha value is -2.09. The molecule has 0 spiro atoms. The van der Waals surface area contributed by atoms with Gasteiger partial charge in [0.05, 0.1) is 11.1 Å². The van der Waals surface area contributed by atoms with Gasteiger partial charge in [0.2, 0.25) is 5.91 Å². The fourth-order valence-corrected chi connectivity index (χ4v) is 3.49. The number of hydrogen-bond donors (Lipinski definition) is 3. The Bertz CT molecular complexity index is 610. The van der Waals surface area contributed by atoms with E-state index < -0.39 is 0 Å². The maximum atomic E-state index is 12.1. The number of benzene rings is 1. The lowest BCUT2D eigenvalue weighted by Crippen LogP contribution is -2.52. The quantitative estimate of drug-likeness (QED) is 0.776. The largest absolute Gasteiger partial charge is 0.486 e. The molecule has 2 atom stereocenters. The number of carbonyl (C=O) groups is 2. The Labute approximate surface area is 138 Å². The fraction of sp³-hybridized carbons (Fsp3) is 0.467.